The van der Waals surface area contributed by atoms with E-state index in [1.807, 2.05) is 32.2 Å². The molecular weight excluding hydrogens is 417 g/mol. The summed E-state index contributed by atoms with van der Waals surface area (Å²) in [6, 6.07) is 7.64. The number of hydrogen-bond acceptors (Lipinski definition) is 4. The molecule has 0 radical (unpaired) electrons. The molecule has 8 heteroatoms. The van der Waals surface area contributed by atoms with Gasteiger partial charge in [-0.3, -0.25) is 4.79 Å². The van der Waals surface area contributed by atoms with Crippen molar-refractivity contribution in [1.29, 1.82) is 0 Å². The van der Waals surface area contributed by atoms with E-state index in [1.165, 1.54) is 10.9 Å². The van der Waals surface area contributed by atoms with Crippen LogP contribution in [0.2, 0.25) is 0 Å². The zero-order valence-electron chi connectivity index (χ0n) is 18.3. The summed E-state index contributed by atoms with van der Waals surface area (Å²) in [5.74, 6) is -0.396. The van der Waals surface area contributed by atoms with E-state index in [2.05, 4.69) is 5.32 Å². The molecule has 0 saturated carbocycles. The van der Waals surface area contributed by atoms with Gasteiger partial charge in [0.2, 0.25) is 5.91 Å². The van der Waals surface area contributed by atoms with Crippen LogP contribution in [0.1, 0.15) is 43.7 Å². The van der Waals surface area contributed by atoms with Crippen molar-refractivity contribution in [3.8, 4) is 5.75 Å². The Bertz CT molecular complexity index is 904. The minimum Gasteiger partial charge on any atom is -0.488 e. The third-order valence-corrected chi connectivity index (χ3v) is 6.66. The monoisotopic (exact) mass is 447 g/mol. The highest BCUT2D eigenvalue weighted by Gasteiger charge is 2.34. The first-order chi connectivity index (χ1) is 15.0. The van der Waals surface area contributed by atoms with E-state index in [4.69, 9.17) is 4.74 Å². The molecular formula is C23H30FN3O3S. The Balaban J connectivity index is 1.79. The lowest BCUT2D eigenvalue weighted by Gasteiger charge is -2.38. The van der Waals surface area contributed by atoms with Gasteiger partial charge in [0.25, 0.3) is 0 Å². The minimum absolute atomic E-state index is 0.00346. The lowest BCUT2D eigenvalue weighted by atomic mass is 10.00. The molecule has 3 rings (SSSR count). The topological polar surface area (TPSA) is 61.9 Å². The zero-order chi connectivity index (χ0) is 22.4. The highest BCUT2D eigenvalue weighted by molar-refractivity contribution is 7.10. The van der Waals surface area contributed by atoms with Gasteiger partial charge in [0, 0.05) is 24.0 Å². The molecule has 0 bridgehead atoms. The van der Waals surface area contributed by atoms with Crippen LogP contribution in [0.15, 0.2) is 35.7 Å². The number of nitrogens with zero attached hydrogens (tertiary/aromatic N) is 2. The van der Waals surface area contributed by atoms with Gasteiger partial charge in [-0.1, -0.05) is 19.1 Å². The van der Waals surface area contributed by atoms with Crippen LogP contribution >= 0.6 is 11.3 Å². The van der Waals surface area contributed by atoms with Crippen LogP contribution in [-0.2, 0) is 11.2 Å². The summed E-state index contributed by atoms with van der Waals surface area (Å²) in [4.78, 5) is 30.4. The molecule has 2 aromatic rings. The Morgan fingerprint density at radius 2 is 2.10 bits per heavy atom. The van der Waals surface area contributed by atoms with E-state index in [0.717, 1.165) is 18.4 Å². The third kappa shape index (κ3) is 5.36. The predicted molar refractivity (Wildman–Crippen MR) is 120 cm³/mol. The summed E-state index contributed by atoms with van der Waals surface area (Å²) in [5, 5.41) is 4.81. The maximum absolute atomic E-state index is 14.0. The number of thiophene rings is 1. The van der Waals surface area contributed by atoms with E-state index >= 15 is 0 Å². The number of rotatable bonds is 8. The number of fused-ring (bicyclic) bond motifs is 1. The molecule has 0 unspecified atom stereocenters. The van der Waals surface area contributed by atoms with Gasteiger partial charge in [-0.05, 0) is 55.8 Å². The SMILES string of the molecule is CCNC(=O)N(CC(=O)N1CCc2sccc2[C@H]1COc1ccccc1F)[C@H](C)CC. The second-order valence-corrected chi connectivity index (χ2v) is 8.61. The Morgan fingerprint density at radius 3 is 2.81 bits per heavy atom. The highest BCUT2D eigenvalue weighted by atomic mass is 32.1. The quantitative estimate of drug-likeness (QED) is 0.659. The smallest absolute Gasteiger partial charge is 0.318 e. The number of carbonyl (C=O) groups is 2. The van der Waals surface area contributed by atoms with Gasteiger partial charge in [-0.2, -0.15) is 0 Å². The van der Waals surface area contributed by atoms with Crippen LogP contribution in [-0.4, -0.2) is 54.0 Å². The zero-order valence-corrected chi connectivity index (χ0v) is 19.1. The first-order valence-corrected chi connectivity index (χ1v) is 11.6. The molecule has 0 saturated heterocycles. The van der Waals surface area contributed by atoms with Crippen molar-refractivity contribution in [2.24, 2.45) is 0 Å². The number of benzene rings is 1. The molecule has 1 aromatic carbocycles. The number of nitrogens with one attached hydrogen (secondary N) is 1. The average molecular weight is 448 g/mol. The van der Waals surface area contributed by atoms with E-state index in [-0.39, 0.29) is 42.9 Å². The molecule has 1 aromatic heterocycles. The molecule has 1 aliphatic rings. The predicted octanol–water partition coefficient (Wildman–Crippen LogP) is 4.22. The summed E-state index contributed by atoms with van der Waals surface area (Å²) >= 11 is 1.66. The summed E-state index contributed by atoms with van der Waals surface area (Å²) in [7, 11) is 0. The van der Waals surface area contributed by atoms with Crippen LogP contribution < -0.4 is 10.1 Å². The van der Waals surface area contributed by atoms with E-state index < -0.39 is 5.82 Å². The van der Waals surface area contributed by atoms with Gasteiger partial charge in [0.05, 0.1) is 6.04 Å². The Labute approximate surface area is 187 Å². The van der Waals surface area contributed by atoms with Crippen molar-refractivity contribution in [2.45, 2.75) is 45.7 Å². The Hall–Kier alpha value is -2.61. The molecule has 3 amide bonds. The standard InChI is InChI=1S/C23H30FN3O3S/c1-4-16(3)27(23(29)25-5-2)14-22(28)26-12-10-21-17(11-13-31-21)19(26)15-30-20-9-7-6-8-18(20)24/h6-9,11,13,16,19H,4-5,10,12,14-15H2,1-3H3,(H,25,29)/t16-,19-/m1/s1. The average Bonchev–Trinajstić information content (AvgIpc) is 3.25. The normalized spacial score (nSPS) is 16.4. The lowest BCUT2D eigenvalue weighted by molar-refractivity contribution is -0.136. The van der Waals surface area contributed by atoms with Crippen LogP contribution in [0.25, 0.3) is 0 Å². The third-order valence-electron chi connectivity index (χ3n) is 5.67. The molecule has 1 N–H and O–H groups in total. The number of urea groups is 1. The van der Waals surface area contributed by atoms with Gasteiger partial charge < -0.3 is 19.9 Å². The second-order valence-electron chi connectivity index (χ2n) is 7.61. The molecule has 6 nitrogen and oxygen atoms in total. The minimum atomic E-state index is -0.430. The maximum atomic E-state index is 14.0. The first kappa shape index (κ1) is 23.1. The summed E-state index contributed by atoms with van der Waals surface area (Å²) in [6.07, 6.45) is 1.51. The van der Waals surface area contributed by atoms with Gasteiger partial charge in [0.1, 0.15) is 13.2 Å². The number of carbonyl (C=O) groups excluding carboxylic acids is 2. The van der Waals surface area contributed by atoms with Gasteiger partial charge >= 0.3 is 6.03 Å². The molecule has 0 aliphatic carbocycles. The number of amides is 3. The Kier molecular flexibility index (Phi) is 7.90. The molecule has 168 valence electrons. The van der Waals surface area contributed by atoms with Crippen molar-refractivity contribution in [3.63, 3.8) is 0 Å². The summed E-state index contributed by atoms with van der Waals surface area (Å²) in [5.41, 5.74) is 1.04. The van der Waals surface area contributed by atoms with Crippen molar-refractivity contribution in [3.05, 3.63) is 52.0 Å². The fraction of sp³-hybridized carbons (Fsp3) is 0.478. The van der Waals surface area contributed by atoms with Gasteiger partial charge in [-0.15, -0.1) is 11.3 Å². The lowest BCUT2D eigenvalue weighted by Crippen LogP contribution is -2.52. The molecule has 0 spiro atoms. The van der Waals surface area contributed by atoms with Crippen LogP contribution in [0.4, 0.5) is 9.18 Å². The summed E-state index contributed by atoms with van der Waals surface area (Å²) < 4.78 is 19.8. The van der Waals surface area contributed by atoms with Crippen LogP contribution in [0, 0.1) is 5.82 Å². The molecule has 31 heavy (non-hydrogen) atoms. The Morgan fingerprint density at radius 1 is 1.32 bits per heavy atom. The number of halogens is 1. The highest BCUT2D eigenvalue weighted by Crippen LogP contribution is 2.34. The molecule has 1 aliphatic heterocycles. The van der Waals surface area contributed by atoms with E-state index in [9.17, 15) is 14.0 Å². The van der Waals surface area contributed by atoms with Gasteiger partial charge in [-0.25, -0.2) is 9.18 Å². The van der Waals surface area contributed by atoms with Gasteiger partial charge in [0.15, 0.2) is 11.6 Å². The van der Waals surface area contributed by atoms with E-state index in [0.29, 0.717) is 13.1 Å². The summed E-state index contributed by atoms with van der Waals surface area (Å²) in [6.45, 7) is 6.98. The van der Waals surface area contributed by atoms with Crippen molar-refractivity contribution >= 4 is 23.3 Å². The van der Waals surface area contributed by atoms with Crippen LogP contribution in [0.3, 0.4) is 0 Å². The van der Waals surface area contributed by atoms with Crippen molar-refractivity contribution in [1.82, 2.24) is 15.1 Å². The first-order valence-electron chi connectivity index (χ1n) is 10.7. The largest absolute Gasteiger partial charge is 0.488 e. The van der Waals surface area contributed by atoms with Crippen LogP contribution in [0.5, 0.6) is 5.75 Å². The van der Waals surface area contributed by atoms with Crippen molar-refractivity contribution < 1.29 is 18.7 Å². The molecule has 2 atom stereocenters. The fourth-order valence-electron chi connectivity index (χ4n) is 3.74. The number of ether oxygens (including phenoxy) is 1. The number of hydrogen-bond donors (Lipinski definition) is 1. The fourth-order valence-corrected chi connectivity index (χ4v) is 4.67. The number of para-hydroxylation sites is 1. The maximum Gasteiger partial charge on any atom is 0.318 e. The molecule has 2 heterocycles. The van der Waals surface area contributed by atoms with E-state index in [1.54, 1.807) is 39.3 Å². The second kappa shape index (κ2) is 10.6. The van der Waals surface area contributed by atoms with Crippen molar-refractivity contribution in [2.75, 3.05) is 26.2 Å². The molecule has 0 fully saturated rings.